The Hall–Kier alpha value is -2.14. The van der Waals surface area contributed by atoms with Gasteiger partial charge in [0.1, 0.15) is 11.6 Å². The van der Waals surface area contributed by atoms with E-state index in [0.29, 0.717) is 0 Å². The molecule has 1 aliphatic heterocycles. The van der Waals surface area contributed by atoms with Gasteiger partial charge >= 0.3 is 5.97 Å². The van der Waals surface area contributed by atoms with Crippen molar-refractivity contribution in [2.75, 3.05) is 33.7 Å². The second kappa shape index (κ2) is 9.37. The summed E-state index contributed by atoms with van der Waals surface area (Å²) < 4.78 is 15.0. The first-order chi connectivity index (χ1) is 12.8. The third-order valence-corrected chi connectivity index (χ3v) is 5.33. The summed E-state index contributed by atoms with van der Waals surface area (Å²) in [4.78, 5) is 38.9. The van der Waals surface area contributed by atoms with Gasteiger partial charge in [0.15, 0.2) is 0 Å². The van der Waals surface area contributed by atoms with E-state index in [0.717, 1.165) is 0 Å². The lowest BCUT2D eigenvalue weighted by Crippen LogP contribution is -2.51. The van der Waals surface area contributed by atoms with Gasteiger partial charge in [-0.2, -0.15) is 0 Å². The van der Waals surface area contributed by atoms with Crippen LogP contribution in [0.15, 0.2) is 0 Å². The predicted octanol–water partition coefficient (Wildman–Crippen LogP) is 1.13. The Balaban J connectivity index is 2.61. The van der Waals surface area contributed by atoms with Gasteiger partial charge in [-0.25, -0.2) is 4.39 Å². The molecule has 0 unspecified atom stereocenters. The van der Waals surface area contributed by atoms with Crippen LogP contribution in [-0.4, -0.2) is 77.6 Å². The van der Waals surface area contributed by atoms with Crippen LogP contribution in [0, 0.1) is 23.7 Å². The Labute approximate surface area is 166 Å². The van der Waals surface area contributed by atoms with Crippen molar-refractivity contribution in [2.45, 2.75) is 51.7 Å². The van der Waals surface area contributed by atoms with Crippen LogP contribution in [0.3, 0.4) is 0 Å². The first-order valence-corrected chi connectivity index (χ1v) is 9.48. The topological polar surface area (TPSA) is 89.9 Å². The van der Waals surface area contributed by atoms with Crippen LogP contribution in [-0.2, 0) is 14.4 Å². The number of nitrogens with one attached hydrogen (secondary N) is 1. The molecule has 0 spiro atoms. The molecule has 158 valence electrons. The van der Waals surface area contributed by atoms with Crippen molar-refractivity contribution in [3.05, 3.63) is 0 Å². The number of aliphatic carboxylic acids is 1. The average molecular weight is 397 g/mol. The number of carbonyl (C=O) groups is 3. The first-order valence-electron chi connectivity index (χ1n) is 9.48. The summed E-state index contributed by atoms with van der Waals surface area (Å²) in [5, 5.41) is 11.6. The van der Waals surface area contributed by atoms with Gasteiger partial charge in [0.2, 0.25) is 5.91 Å². The maximum absolute atomic E-state index is 15.0. The summed E-state index contributed by atoms with van der Waals surface area (Å²) in [5.41, 5.74) is -2.11. The number of hydrogen-bond acceptors (Lipinski definition) is 4. The number of alkyl halides is 1. The van der Waals surface area contributed by atoms with Crippen LogP contribution in [0.4, 0.5) is 4.39 Å². The number of rotatable bonds is 6. The van der Waals surface area contributed by atoms with Gasteiger partial charge in [-0.05, 0) is 39.8 Å². The molecule has 1 saturated heterocycles. The van der Waals surface area contributed by atoms with Crippen LogP contribution < -0.4 is 5.32 Å². The van der Waals surface area contributed by atoms with E-state index in [9.17, 15) is 18.8 Å². The van der Waals surface area contributed by atoms with Gasteiger partial charge < -0.3 is 15.3 Å². The van der Waals surface area contributed by atoms with Gasteiger partial charge in [0.05, 0.1) is 12.1 Å². The van der Waals surface area contributed by atoms with Crippen LogP contribution in [0.1, 0.15) is 40.5 Å². The molecule has 0 aromatic carbocycles. The number of hydrogen-bond donors (Lipinski definition) is 2. The fraction of sp³-hybridized carbons (Fsp3) is 0.750. The number of piperidine rings is 1. The van der Waals surface area contributed by atoms with Crippen LogP contribution in [0.25, 0.3) is 0 Å². The fourth-order valence-electron chi connectivity index (χ4n) is 2.74. The Morgan fingerprint density at radius 3 is 2.21 bits per heavy atom. The molecular formula is C20H32FN3O4. The average Bonchev–Trinajstić information content (AvgIpc) is 2.58. The van der Waals surface area contributed by atoms with E-state index in [1.54, 1.807) is 13.8 Å². The second-order valence-corrected chi connectivity index (χ2v) is 8.42. The van der Waals surface area contributed by atoms with Crippen molar-refractivity contribution in [1.29, 1.82) is 0 Å². The summed E-state index contributed by atoms with van der Waals surface area (Å²) in [6, 6.07) is 0. The van der Waals surface area contributed by atoms with Crippen molar-refractivity contribution < 1.29 is 23.9 Å². The van der Waals surface area contributed by atoms with Gasteiger partial charge in [0, 0.05) is 25.9 Å². The Bertz CT molecular complexity index is 656. The van der Waals surface area contributed by atoms with Crippen LogP contribution >= 0.6 is 0 Å². The smallest absolute Gasteiger partial charge is 0.316 e. The van der Waals surface area contributed by atoms with Gasteiger partial charge in [-0.15, -0.1) is 0 Å². The zero-order valence-electron chi connectivity index (χ0n) is 17.6. The molecule has 0 aromatic rings. The third kappa shape index (κ3) is 6.48. The Kier molecular flexibility index (Phi) is 8.00. The standard InChI is InChI=1S/C20H32FN3O4/c1-14(2)16(18(27)28)17(26)22-13-20(21)9-11-24(12-10-20)15(25)7-8-19(3,4)23(5)6/h14,16H,9-13H2,1-6H3,(H,22,26)(H,27,28)/t16-/m0/s1. The van der Waals surface area contributed by atoms with Gasteiger partial charge in [-0.1, -0.05) is 19.8 Å². The highest BCUT2D eigenvalue weighted by molar-refractivity contribution is 5.97. The molecule has 0 saturated carbocycles. The minimum atomic E-state index is -1.66. The predicted molar refractivity (Wildman–Crippen MR) is 104 cm³/mol. The lowest BCUT2D eigenvalue weighted by Gasteiger charge is -2.36. The first kappa shape index (κ1) is 23.9. The normalized spacial score (nSPS) is 17.7. The van der Waals surface area contributed by atoms with E-state index in [1.165, 1.54) is 4.90 Å². The Morgan fingerprint density at radius 1 is 1.25 bits per heavy atom. The van der Waals surface area contributed by atoms with Crippen molar-refractivity contribution in [3.8, 4) is 11.8 Å². The molecule has 1 aliphatic rings. The number of halogens is 1. The molecule has 28 heavy (non-hydrogen) atoms. The van der Waals surface area contributed by atoms with Crippen molar-refractivity contribution in [2.24, 2.45) is 11.8 Å². The number of amides is 2. The van der Waals surface area contributed by atoms with E-state index < -0.39 is 34.9 Å². The quantitative estimate of drug-likeness (QED) is 0.518. The molecule has 7 nitrogen and oxygen atoms in total. The largest absolute Gasteiger partial charge is 0.481 e. The maximum atomic E-state index is 15.0. The van der Waals surface area contributed by atoms with Crippen LogP contribution in [0.5, 0.6) is 0 Å². The molecule has 1 heterocycles. The van der Waals surface area contributed by atoms with Gasteiger partial charge in [0.25, 0.3) is 5.91 Å². The molecule has 0 aliphatic carbocycles. The molecule has 2 amide bonds. The summed E-state index contributed by atoms with van der Waals surface area (Å²) in [6.07, 6.45) is 0.133. The van der Waals surface area contributed by atoms with E-state index in [4.69, 9.17) is 5.11 Å². The molecule has 0 radical (unpaired) electrons. The van der Waals surface area contributed by atoms with E-state index >= 15 is 0 Å². The zero-order chi connectivity index (χ0) is 21.7. The molecule has 8 heteroatoms. The highest BCUT2D eigenvalue weighted by Gasteiger charge is 2.38. The van der Waals surface area contributed by atoms with E-state index in [1.807, 2.05) is 32.8 Å². The Morgan fingerprint density at radius 2 is 1.79 bits per heavy atom. The highest BCUT2D eigenvalue weighted by Crippen LogP contribution is 2.26. The zero-order valence-corrected chi connectivity index (χ0v) is 17.6. The van der Waals surface area contributed by atoms with Crippen LogP contribution in [0.2, 0.25) is 0 Å². The highest BCUT2D eigenvalue weighted by atomic mass is 19.1. The summed E-state index contributed by atoms with van der Waals surface area (Å²) in [7, 11) is 3.75. The lowest BCUT2D eigenvalue weighted by molar-refractivity contribution is -0.149. The van der Waals surface area contributed by atoms with Crippen molar-refractivity contribution in [3.63, 3.8) is 0 Å². The van der Waals surface area contributed by atoms with Crippen molar-refractivity contribution in [1.82, 2.24) is 15.1 Å². The fourth-order valence-corrected chi connectivity index (χ4v) is 2.74. The molecule has 1 atom stereocenters. The molecule has 0 aromatic heterocycles. The molecule has 1 rings (SSSR count). The minimum absolute atomic E-state index is 0.0667. The SMILES string of the molecule is CC(C)[C@H](C(=O)O)C(=O)NCC1(F)CCN(C(=O)C#CC(C)(C)N(C)C)CC1. The molecule has 0 bridgehead atoms. The van der Waals surface area contributed by atoms with Crippen molar-refractivity contribution >= 4 is 17.8 Å². The summed E-state index contributed by atoms with van der Waals surface area (Å²) >= 11 is 0. The summed E-state index contributed by atoms with van der Waals surface area (Å²) in [5.74, 6) is 1.71. The van der Waals surface area contributed by atoms with Gasteiger partial charge in [-0.3, -0.25) is 19.3 Å². The number of carboxylic acid groups (broad SMARTS) is 1. The second-order valence-electron chi connectivity index (χ2n) is 8.42. The lowest BCUT2D eigenvalue weighted by atomic mass is 9.91. The molecule has 2 N–H and O–H groups in total. The van der Waals surface area contributed by atoms with E-state index in [-0.39, 0.29) is 38.4 Å². The third-order valence-electron chi connectivity index (χ3n) is 5.33. The van der Waals surface area contributed by atoms with E-state index in [2.05, 4.69) is 17.2 Å². The number of carbonyl (C=O) groups excluding carboxylic acids is 2. The molecule has 1 fully saturated rings. The minimum Gasteiger partial charge on any atom is -0.481 e. The number of nitrogens with zero attached hydrogens (tertiary/aromatic N) is 2. The number of likely N-dealkylation sites (tertiary alicyclic amines) is 1. The number of carboxylic acids is 1. The maximum Gasteiger partial charge on any atom is 0.316 e. The summed E-state index contributed by atoms with van der Waals surface area (Å²) in [6.45, 7) is 7.21. The monoisotopic (exact) mass is 397 g/mol. The molecular weight excluding hydrogens is 365 g/mol.